The van der Waals surface area contributed by atoms with Crippen LogP contribution in [0.3, 0.4) is 0 Å². The quantitative estimate of drug-likeness (QED) is 0.935. The lowest BCUT2D eigenvalue weighted by Gasteiger charge is -2.12. The van der Waals surface area contributed by atoms with Crippen LogP contribution < -0.4 is 5.32 Å². The molecule has 0 saturated heterocycles. The number of fused-ring (bicyclic) bond motifs is 1. The van der Waals surface area contributed by atoms with Crippen LogP contribution in [0.1, 0.15) is 12.5 Å². The number of carbonyl (C=O) groups excluding carboxylic acids is 1. The van der Waals surface area contributed by atoms with Crippen molar-refractivity contribution in [3.8, 4) is 0 Å². The van der Waals surface area contributed by atoms with Crippen molar-refractivity contribution < 1.29 is 13.2 Å². The van der Waals surface area contributed by atoms with Gasteiger partial charge < -0.3 is 5.32 Å². The minimum Gasteiger partial charge on any atom is -0.358 e. The first kappa shape index (κ1) is 14.5. The lowest BCUT2D eigenvalue weighted by Crippen LogP contribution is -2.36. The minimum absolute atomic E-state index is 0.136. The molecule has 1 unspecified atom stereocenters. The number of carbonyl (C=O) groups is 1. The molecule has 0 radical (unpaired) electrons. The van der Waals surface area contributed by atoms with Crippen LogP contribution in [0.2, 0.25) is 0 Å². The molecule has 0 aliphatic heterocycles. The van der Waals surface area contributed by atoms with Gasteiger partial charge >= 0.3 is 0 Å². The third-order valence-corrected chi connectivity index (χ3v) is 5.40. The van der Waals surface area contributed by atoms with E-state index in [1.807, 2.05) is 36.4 Å². The van der Waals surface area contributed by atoms with Crippen LogP contribution in [-0.4, -0.2) is 26.6 Å². The van der Waals surface area contributed by atoms with Crippen LogP contribution >= 0.6 is 0 Å². The van der Waals surface area contributed by atoms with Crippen molar-refractivity contribution >= 4 is 26.5 Å². The zero-order chi connectivity index (χ0) is 14.8. The number of benzene rings is 2. The van der Waals surface area contributed by atoms with Gasteiger partial charge in [-0.25, -0.2) is 8.42 Å². The third kappa shape index (κ3) is 2.82. The van der Waals surface area contributed by atoms with Crippen molar-refractivity contribution in [2.45, 2.75) is 17.9 Å². The number of hydrogen-bond acceptors (Lipinski definition) is 3. The smallest absolute Gasteiger partial charge is 0.237 e. The molecule has 4 nitrogen and oxygen atoms in total. The van der Waals surface area contributed by atoms with E-state index in [9.17, 15) is 13.2 Å². The van der Waals surface area contributed by atoms with E-state index in [0.29, 0.717) is 0 Å². The molecule has 1 amide bonds. The van der Waals surface area contributed by atoms with E-state index in [0.717, 1.165) is 16.3 Å². The fourth-order valence-corrected chi connectivity index (χ4v) is 3.51. The third-order valence-electron chi connectivity index (χ3n) is 3.39. The maximum absolute atomic E-state index is 12.3. The summed E-state index contributed by atoms with van der Waals surface area (Å²) in [5.74, 6) is -0.617. The molecule has 5 heteroatoms. The van der Waals surface area contributed by atoms with Crippen LogP contribution in [0.15, 0.2) is 42.5 Å². The Balaban J connectivity index is 2.39. The Morgan fingerprint density at radius 2 is 1.80 bits per heavy atom. The summed E-state index contributed by atoms with van der Waals surface area (Å²) in [6.45, 7) is 1.42. The molecular weight excluding hydrogens is 274 g/mol. The first-order valence-corrected chi connectivity index (χ1v) is 8.07. The van der Waals surface area contributed by atoms with Crippen molar-refractivity contribution in [3.63, 3.8) is 0 Å². The molecule has 2 rings (SSSR count). The molecule has 0 aliphatic carbocycles. The fourth-order valence-electron chi connectivity index (χ4n) is 2.13. The number of nitrogens with one attached hydrogen (secondary N) is 1. The van der Waals surface area contributed by atoms with Crippen molar-refractivity contribution in [2.75, 3.05) is 7.05 Å². The lowest BCUT2D eigenvalue weighted by atomic mass is 10.1. The van der Waals surface area contributed by atoms with Gasteiger partial charge in [-0.05, 0) is 23.3 Å². The second-order valence-electron chi connectivity index (χ2n) is 4.70. The maximum Gasteiger partial charge on any atom is 0.237 e. The molecular formula is C15H17NO3S. The van der Waals surface area contributed by atoms with E-state index in [-0.39, 0.29) is 5.75 Å². The molecule has 1 N–H and O–H groups in total. The number of sulfone groups is 1. The molecule has 0 aliphatic rings. The highest BCUT2D eigenvalue weighted by Gasteiger charge is 2.27. The van der Waals surface area contributed by atoms with Crippen molar-refractivity contribution in [1.29, 1.82) is 0 Å². The average Bonchev–Trinajstić information content (AvgIpc) is 2.45. The van der Waals surface area contributed by atoms with Gasteiger partial charge in [0.15, 0.2) is 9.84 Å². The SMILES string of the molecule is CNC(=O)C(C)S(=O)(=O)Cc1cccc2ccccc12. The maximum atomic E-state index is 12.3. The summed E-state index contributed by atoms with van der Waals surface area (Å²) in [5, 5.41) is 3.22. The molecule has 0 saturated carbocycles. The standard InChI is InChI=1S/C15H17NO3S/c1-11(15(17)16-2)20(18,19)10-13-8-5-7-12-6-3-4-9-14(12)13/h3-9,11H,10H2,1-2H3,(H,16,17). The van der Waals surface area contributed by atoms with E-state index in [1.54, 1.807) is 6.07 Å². The Labute approximate surface area is 118 Å². The van der Waals surface area contributed by atoms with Crippen molar-refractivity contribution in [2.24, 2.45) is 0 Å². The van der Waals surface area contributed by atoms with Gasteiger partial charge in [0.2, 0.25) is 5.91 Å². The number of rotatable bonds is 4. The monoisotopic (exact) mass is 291 g/mol. The molecule has 0 aromatic heterocycles. The number of hydrogen-bond donors (Lipinski definition) is 1. The van der Waals surface area contributed by atoms with Crippen LogP contribution in [0.5, 0.6) is 0 Å². The summed E-state index contributed by atoms with van der Waals surface area (Å²) < 4.78 is 24.6. The van der Waals surface area contributed by atoms with Crippen molar-refractivity contribution in [3.05, 3.63) is 48.0 Å². The van der Waals surface area contributed by atoms with Gasteiger partial charge in [-0.1, -0.05) is 42.5 Å². The van der Waals surface area contributed by atoms with Gasteiger partial charge in [0.1, 0.15) is 5.25 Å². The highest BCUT2D eigenvalue weighted by atomic mass is 32.2. The number of amides is 1. The highest BCUT2D eigenvalue weighted by molar-refractivity contribution is 7.92. The van der Waals surface area contributed by atoms with Crippen LogP contribution in [0.25, 0.3) is 10.8 Å². The molecule has 20 heavy (non-hydrogen) atoms. The van der Waals surface area contributed by atoms with E-state index in [4.69, 9.17) is 0 Å². The summed E-state index contributed by atoms with van der Waals surface area (Å²) in [7, 11) is -2.09. The summed E-state index contributed by atoms with van der Waals surface area (Å²) in [6.07, 6.45) is 0. The molecule has 0 spiro atoms. The van der Waals surface area contributed by atoms with Gasteiger partial charge in [-0.2, -0.15) is 0 Å². The Hall–Kier alpha value is -1.88. The Morgan fingerprint density at radius 3 is 2.50 bits per heavy atom. The van der Waals surface area contributed by atoms with E-state index < -0.39 is 21.0 Å². The Morgan fingerprint density at radius 1 is 1.15 bits per heavy atom. The second-order valence-corrected chi connectivity index (χ2v) is 7.02. The van der Waals surface area contributed by atoms with Crippen molar-refractivity contribution in [1.82, 2.24) is 5.32 Å². The van der Waals surface area contributed by atoms with E-state index >= 15 is 0 Å². The topological polar surface area (TPSA) is 63.2 Å². The second kappa shape index (κ2) is 5.63. The normalized spacial score (nSPS) is 13.1. The summed E-state index contributed by atoms with van der Waals surface area (Å²) in [6, 6.07) is 13.2. The zero-order valence-electron chi connectivity index (χ0n) is 11.5. The summed E-state index contributed by atoms with van der Waals surface area (Å²) in [5.41, 5.74) is 0.721. The fraction of sp³-hybridized carbons (Fsp3) is 0.267. The first-order chi connectivity index (χ1) is 9.45. The van der Waals surface area contributed by atoms with E-state index in [1.165, 1.54) is 14.0 Å². The molecule has 2 aromatic rings. The van der Waals surface area contributed by atoms with Crippen LogP contribution in [-0.2, 0) is 20.4 Å². The van der Waals surface area contributed by atoms with Crippen LogP contribution in [0, 0.1) is 0 Å². The van der Waals surface area contributed by atoms with E-state index in [2.05, 4.69) is 5.32 Å². The minimum atomic E-state index is -3.53. The molecule has 1 atom stereocenters. The highest BCUT2D eigenvalue weighted by Crippen LogP contribution is 2.21. The summed E-state index contributed by atoms with van der Waals surface area (Å²) in [4.78, 5) is 11.5. The predicted molar refractivity (Wildman–Crippen MR) is 80.1 cm³/mol. The zero-order valence-corrected chi connectivity index (χ0v) is 12.3. The molecule has 0 bridgehead atoms. The largest absolute Gasteiger partial charge is 0.358 e. The average molecular weight is 291 g/mol. The molecule has 0 heterocycles. The van der Waals surface area contributed by atoms with Gasteiger partial charge in [0.25, 0.3) is 0 Å². The Kier molecular flexibility index (Phi) is 4.09. The first-order valence-electron chi connectivity index (χ1n) is 6.35. The molecule has 2 aromatic carbocycles. The van der Waals surface area contributed by atoms with Gasteiger partial charge in [0.05, 0.1) is 5.75 Å². The molecule has 0 fully saturated rings. The van der Waals surface area contributed by atoms with Crippen LogP contribution in [0.4, 0.5) is 0 Å². The van der Waals surface area contributed by atoms with Gasteiger partial charge in [-0.15, -0.1) is 0 Å². The lowest BCUT2D eigenvalue weighted by molar-refractivity contribution is -0.119. The van der Waals surface area contributed by atoms with Gasteiger partial charge in [0, 0.05) is 7.05 Å². The molecule has 106 valence electrons. The predicted octanol–water partition coefficient (Wildman–Crippen LogP) is 1.89. The Bertz CT molecular complexity index is 732. The van der Waals surface area contributed by atoms with Gasteiger partial charge in [-0.3, -0.25) is 4.79 Å². The summed E-state index contributed by atoms with van der Waals surface area (Å²) >= 11 is 0.